The van der Waals surface area contributed by atoms with Gasteiger partial charge in [-0.15, -0.1) is 11.3 Å². The molecule has 0 radical (unpaired) electrons. The van der Waals surface area contributed by atoms with Crippen LogP contribution in [-0.4, -0.2) is 12.1 Å². The Hall–Kier alpha value is -1.99. The minimum atomic E-state index is -0.162. The lowest BCUT2D eigenvalue weighted by Gasteiger charge is -2.07. The first-order valence-corrected chi connectivity index (χ1v) is 8.87. The van der Waals surface area contributed by atoms with Gasteiger partial charge >= 0.3 is 0 Å². The van der Waals surface area contributed by atoms with Crippen LogP contribution in [0.15, 0.2) is 71.7 Å². The number of thiophene rings is 1. The number of carbonyl (C=O) groups excluding carboxylic acids is 1. The third-order valence-corrected chi connectivity index (χ3v) is 4.93. The van der Waals surface area contributed by atoms with Crippen LogP contribution in [-0.2, 0) is 0 Å². The fourth-order valence-electron chi connectivity index (χ4n) is 2.03. The summed E-state index contributed by atoms with van der Waals surface area (Å²) in [4.78, 5) is 18.0. The number of anilines is 1. The Balaban J connectivity index is 1.82. The molecule has 1 heterocycles. The van der Waals surface area contributed by atoms with E-state index in [9.17, 15) is 4.79 Å². The molecule has 2 aromatic carbocycles. The Labute approximate surface area is 152 Å². The maximum absolute atomic E-state index is 12.5. The summed E-state index contributed by atoms with van der Waals surface area (Å²) in [5, 5.41) is 2.89. The van der Waals surface area contributed by atoms with Crippen molar-refractivity contribution in [2.45, 2.75) is 0 Å². The first kappa shape index (κ1) is 15.9. The Morgan fingerprint density at radius 3 is 2.48 bits per heavy atom. The Morgan fingerprint density at radius 2 is 1.74 bits per heavy atom. The molecule has 0 aliphatic carbocycles. The fourth-order valence-corrected chi connectivity index (χ4v) is 3.57. The van der Waals surface area contributed by atoms with Crippen LogP contribution in [0.3, 0.4) is 0 Å². The molecular weight excluding hydrogens is 419 g/mol. The van der Waals surface area contributed by atoms with E-state index in [2.05, 4.69) is 32.9 Å². The average molecular weight is 432 g/mol. The van der Waals surface area contributed by atoms with E-state index in [1.807, 2.05) is 60.7 Å². The molecule has 0 aliphatic heterocycles. The Morgan fingerprint density at radius 1 is 1.00 bits per heavy atom. The molecule has 3 aromatic rings. The smallest absolute Gasteiger partial charge is 0.257 e. The van der Waals surface area contributed by atoms with E-state index >= 15 is 0 Å². The van der Waals surface area contributed by atoms with Crippen molar-refractivity contribution in [3.63, 3.8) is 0 Å². The van der Waals surface area contributed by atoms with Gasteiger partial charge in [0.05, 0.1) is 14.1 Å². The van der Waals surface area contributed by atoms with Crippen LogP contribution in [0.5, 0.6) is 0 Å². The second-order valence-electron chi connectivity index (χ2n) is 4.74. The summed E-state index contributed by atoms with van der Waals surface area (Å²) in [7, 11) is 0. The van der Waals surface area contributed by atoms with Gasteiger partial charge in [-0.25, -0.2) is 0 Å². The van der Waals surface area contributed by atoms with E-state index in [-0.39, 0.29) is 5.91 Å². The van der Waals surface area contributed by atoms with Gasteiger partial charge in [0.25, 0.3) is 5.91 Å². The number of hydrogen-bond acceptors (Lipinski definition) is 3. The Bertz CT molecular complexity index is 843. The number of aliphatic imine (C=N–C) groups is 1. The van der Waals surface area contributed by atoms with Crippen molar-refractivity contribution < 1.29 is 4.79 Å². The van der Waals surface area contributed by atoms with Crippen LogP contribution in [0.1, 0.15) is 15.2 Å². The minimum Gasteiger partial charge on any atom is -0.322 e. The van der Waals surface area contributed by atoms with Crippen molar-refractivity contribution in [3.8, 4) is 0 Å². The monoisotopic (exact) mass is 432 g/mol. The summed E-state index contributed by atoms with van der Waals surface area (Å²) < 4.78 is 1.21. The molecule has 0 aliphatic rings. The molecule has 0 fully saturated rings. The summed E-state index contributed by atoms with van der Waals surface area (Å²) in [5.41, 5.74) is 1.98. The molecule has 1 aromatic heterocycles. The zero-order chi connectivity index (χ0) is 16.1. The van der Waals surface area contributed by atoms with Crippen molar-refractivity contribution in [3.05, 3.63) is 80.1 Å². The number of hydrogen-bond donors (Lipinski definition) is 1. The minimum absolute atomic E-state index is 0.162. The van der Waals surface area contributed by atoms with E-state index in [1.165, 1.54) is 2.88 Å². The van der Waals surface area contributed by atoms with E-state index in [1.54, 1.807) is 23.6 Å². The zero-order valence-corrected chi connectivity index (χ0v) is 15.0. The maximum Gasteiger partial charge on any atom is 0.257 e. The fraction of sp³-hybridized carbons (Fsp3) is 0. The molecular formula is C18H13IN2OS. The molecule has 3 rings (SSSR count). The van der Waals surface area contributed by atoms with E-state index in [0.29, 0.717) is 11.3 Å². The zero-order valence-electron chi connectivity index (χ0n) is 12.1. The van der Waals surface area contributed by atoms with Gasteiger partial charge in [-0.1, -0.05) is 30.3 Å². The van der Waals surface area contributed by atoms with Gasteiger partial charge in [-0.2, -0.15) is 0 Å². The van der Waals surface area contributed by atoms with E-state index in [0.717, 1.165) is 10.6 Å². The SMILES string of the molecule is O=C(Nc1ccccc1)c1ccccc1N=Cc1ccc(I)s1. The molecule has 23 heavy (non-hydrogen) atoms. The van der Waals surface area contributed by atoms with Crippen molar-refractivity contribution >= 4 is 57.4 Å². The maximum atomic E-state index is 12.5. The predicted molar refractivity (Wildman–Crippen MR) is 105 cm³/mol. The lowest BCUT2D eigenvalue weighted by Crippen LogP contribution is -2.11. The lowest BCUT2D eigenvalue weighted by atomic mass is 10.1. The highest BCUT2D eigenvalue weighted by atomic mass is 127. The van der Waals surface area contributed by atoms with Crippen molar-refractivity contribution in [2.24, 2.45) is 4.99 Å². The first-order valence-electron chi connectivity index (χ1n) is 6.97. The first-order chi connectivity index (χ1) is 11.2. The van der Waals surface area contributed by atoms with Crippen molar-refractivity contribution in [1.29, 1.82) is 0 Å². The molecule has 5 heteroatoms. The highest BCUT2D eigenvalue weighted by Crippen LogP contribution is 2.22. The van der Waals surface area contributed by atoms with Crippen LogP contribution in [0, 0.1) is 2.88 Å². The summed E-state index contributed by atoms with van der Waals surface area (Å²) in [6.45, 7) is 0. The lowest BCUT2D eigenvalue weighted by molar-refractivity contribution is 0.102. The van der Waals surface area contributed by atoms with Crippen LogP contribution in [0.2, 0.25) is 0 Å². The summed E-state index contributed by atoms with van der Waals surface area (Å²) in [5.74, 6) is -0.162. The van der Waals surface area contributed by atoms with Crippen LogP contribution < -0.4 is 5.32 Å². The molecule has 0 spiro atoms. The number of para-hydroxylation sites is 2. The summed E-state index contributed by atoms with van der Waals surface area (Å²) >= 11 is 3.94. The van der Waals surface area contributed by atoms with Gasteiger partial charge in [0.2, 0.25) is 0 Å². The number of amides is 1. The van der Waals surface area contributed by atoms with Crippen LogP contribution in [0.25, 0.3) is 0 Å². The third-order valence-electron chi connectivity index (χ3n) is 3.11. The van der Waals surface area contributed by atoms with Crippen molar-refractivity contribution in [1.82, 2.24) is 0 Å². The molecule has 3 nitrogen and oxygen atoms in total. The second kappa shape index (κ2) is 7.52. The number of nitrogens with zero attached hydrogens (tertiary/aromatic N) is 1. The topological polar surface area (TPSA) is 41.5 Å². The quantitative estimate of drug-likeness (QED) is 0.438. The Kier molecular flexibility index (Phi) is 5.19. The molecule has 0 unspecified atom stereocenters. The molecule has 0 saturated carbocycles. The van der Waals surface area contributed by atoms with Gasteiger partial charge in [0.15, 0.2) is 0 Å². The van der Waals surface area contributed by atoms with Gasteiger partial charge in [0, 0.05) is 16.8 Å². The van der Waals surface area contributed by atoms with E-state index in [4.69, 9.17) is 0 Å². The highest BCUT2D eigenvalue weighted by molar-refractivity contribution is 14.1. The highest BCUT2D eigenvalue weighted by Gasteiger charge is 2.10. The normalized spacial score (nSPS) is 10.8. The number of rotatable bonds is 4. The summed E-state index contributed by atoms with van der Waals surface area (Å²) in [6, 6.07) is 20.8. The van der Waals surface area contributed by atoms with Crippen LogP contribution >= 0.6 is 33.9 Å². The largest absolute Gasteiger partial charge is 0.322 e. The molecule has 1 amide bonds. The average Bonchev–Trinajstić information content (AvgIpc) is 2.99. The predicted octanol–water partition coefficient (Wildman–Crippen LogP) is 5.36. The summed E-state index contributed by atoms with van der Waals surface area (Å²) in [6.07, 6.45) is 1.79. The molecule has 0 bridgehead atoms. The number of nitrogens with one attached hydrogen (secondary N) is 1. The molecule has 1 N–H and O–H groups in total. The molecule has 114 valence electrons. The van der Waals surface area contributed by atoms with Gasteiger partial charge in [0.1, 0.15) is 0 Å². The van der Waals surface area contributed by atoms with Crippen LogP contribution in [0.4, 0.5) is 11.4 Å². The second-order valence-corrected chi connectivity index (χ2v) is 7.75. The van der Waals surface area contributed by atoms with Gasteiger partial charge < -0.3 is 5.32 Å². The number of benzene rings is 2. The number of carbonyl (C=O) groups is 1. The molecule has 0 atom stereocenters. The van der Waals surface area contributed by atoms with Crippen molar-refractivity contribution in [2.75, 3.05) is 5.32 Å². The molecule has 0 saturated heterocycles. The number of halogens is 1. The standard InChI is InChI=1S/C18H13IN2OS/c19-17-11-10-14(23-17)12-20-16-9-5-4-8-15(16)18(22)21-13-6-2-1-3-7-13/h1-12H,(H,21,22). The van der Waals surface area contributed by atoms with Gasteiger partial charge in [-0.3, -0.25) is 9.79 Å². The third kappa shape index (κ3) is 4.27. The van der Waals surface area contributed by atoms with E-state index < -0.39 is 0 Å². The van der Waals surface area contributed by atoms with Gasteiger partial charge in [-0.05, 0) is 59.0 Å².